The Morgan fingerprint density at radius 3 is 2.68 bits per heavy atom. The lowest BCUT2D eigenvalue weighted by Crippen LogP contribution is -1.99. The van der Waals surface area contributed by atoms with Crippen molar-refractivity contribution in [3.63, 3.8) is 0 Å². The molecule has 1 N–H and O–H groups in total. The van der Waals surface area contributed by atoms with Gasteiger partial charge in [0.2, 0.25) is 0 Å². The monoisotopic (exact) mass is 269 g/mol. The van der Waals surface area contributed by atoms with Crippen molar-refractivity contribution in [2.24, 2.45) is 0 Å². The van der Waals surface area contributed by atoms with Gasteiger partial charge < -0.3 is 4.98 Å². The third kappa shape index (κ3) is 2.39. The SMILES string of the molecule is CCC(c1cccc(Cl)c1)c1ccc2cc[nH]c2c1. The van der Waals surface area contributed by atoms with Crippen LogP contribution in [-0.4, -0.2) is 4.98 Å². The molecule has 96 valence electrons. The van der Waals surface area contributed by atoms with Gasteiger partial charge >= 0.3 is 0 Å². The lowest BCUT2D eigenvalue weighted by atomic mass is 9.89. The van der Waals surface area contributed by atoms with Crippen molar-refractivity contribution in [2.45, 2.75) is 19.3 Å². The molecule has 1 unspecified atom stereocenters. The number of rotatable bonds is 3. The van der Waals surface area contributed by atoms with Crippen molar-refractivity contribution >= 4 is 22.5 Å². The van der Waals surface area contributed by atoms with Crippen molar-refractivity contribution in [1.29, 1.82) is 0 Å². The molecular formula is C17H16ClN. The summed E-state index contributed by atoms with van der Waals surface area (Å²) in [5.41, 5.74) is 3.80. The topological polar surface area (TPSA) is 15.8 Å². The summed E-state index contributed by atoms with van der Waals surface area (Å²) in [6.45, 7) is 2.21. The standard InChI is InChI=1S/C17H16ClN/c1-2-16(13-4-3-5-15(18)10-13)14-7-6-12-8-9-19-17(12)11-14/h3-11,16,19H,2H2,1H3. The summed E-state index contributed by atoms with van der Waals surface area (Å²) >= 11 is 6.10. The summed E-state index contributed by atoms with van der Waals surface area (Å²) in [4.78, 5) is 3.28. The Labute approximate surface area is 118 Å². The van der Waals surface area contributed by atoms with E-state index in [4.69, 9.17) is 11.6 Å². The molecule has 0 saturated carbocycles. The van der Waals surface area contributed by atoms with E-state index in [0.29, 0.717) is 5.92 Å². The Kier molecular flexibility index (Phi) is 3.31. The minimum absolute atomic E-state index is 0.395. The van der Waals surface area contributed by atoms with Gasteiger partial charge in [0, 0.05) is 22.7 Å². The van der Waals surface area contributed by atoms with Gasteiger partial charge in [-0.15, -0.1) is 0 Å². The summed E-state index contributed by atoms with van der Waals surface area (Å²) in [7, 11) is 0. The van der Waals surface area contributed by atoms with Gasteiger partial charge in [0.05, 0.1) is 0 Å². The van der Waals surface area contributed by atoms with Crippen molar-refractivity contribution in [2.75, 3.05) is 0 Å². The molecule has 3 aromatic rings. The van der Waals surface area contributed by atoms with Crippen LogP contribution in [0.3, 0.4) is 0 Å². The van der Waals surface area contributed by atoms with Crippen molar-refractivity contribution in [3.05, 3.63) is 70.9 Å². The van der Waals surface area contributed by atoms with E-state index >= 15 is 0 Å². The minimum atomic E-state index is 0.395. The van der Waals surface area contributed by atoms with E-state index < -0.39 is 0 Å². The fourth-order valence-corrected chi connectivity index (χ4v) is 2.87. The molecule has 0 bridgehead atoms. The fraction of sp³-hybridized carbons (Fsp3) is 0.176. The molecule has 0 fully saturated rings. The van der Waals surface area contributed by atoms with Gasteiger partial charge in [-0.05, 0) is 47.2 Å². The summed E-state index contributed by atoms with van der Waals surface area (Å²) in [5, 5.41) is 2.06. The molecule has 0 radical (unpaired) electrons. The molecule has 0 aliphatic rings. The maximum absolute atomic E-state index is 6.10. The highest BCUT2D eigenvalue weighted by atomic mass is 35.5. The van der Waals surface area contributed by atoms with Crippen LogP contribution in [-0.2, 0) is 0 Å². The second-order valence-electron chi connectivity index (χ2n) is 4.84. The van der Waals surface area contributed by atoms with E-state index in [1.54, 1.807) is 0 Å². The average Bonchev–Trinajstić information content (AvgIpc) is 2.87. The van der Waals surface area contributed by atoms with E-state index in [1.165, 1.54) is 22.0 Å². The number of hydrogen-bond donors (Lipinski definition) is 1. The first-order chi connectivity index (χ1) is 9.28. The van der Waals surface area contributed by atoms with Crippen molar-refractivity contribution in [1.82, 2.24) is 4.98 Å². The van der Waals surface area contributed by atoms with Crippen LogP contribution in [0.5, 0.6) is 0 Å². The second-order valence-corrected chi connectivity index (χ2v) is 5.28. The van der Waals surface area contributed by atoms with Crippen LogP contribution >= 0.6 is 11.6 Å². The van der Waals surface area contributed by atoms with Crippen LogP contribution in [0.25, 0.3) is 10.9 Å². The number of aromatic amines is 1. The normalized spacial score (nSPS) is 12.7. The van der Waals surface area contributed by atoms with Crippen LogP contribution < -0.4 is 0 Å². The molecule has 1 atom stereocenters. The minimum Gasteiger partial charge on any atom is -0.361 e. The third-order valence-corrected chi connectivity index (χ3v) is 3.88. The van der Waals surface area contributed by atoms with Gasteiger partial charge in [0.15, 0.2) is 0 Å². The number of H-pyrrole nitrogens is 1. The van der Waals surface area contributed by atoms with Crippen LogP contribution in [0.4, 0.5) is 0 Å². The molecular weight excluding hydrogens is 254 g/mol. The lowest BCUT2D eigenvalue weighted by molar-refractivity contribution is 0.778. The number of fused-ring (bicyclic) bond motifs is 1. The maximum atomic E-state index is 6.10. The average molecular weight is 270 g/mol. The Bertz CT molecular complexity index is 699. The Balaban J connectivity index is 2.06. The smallest absolute Gasteiger partial charge is 0.0456 e. The number of halogens is 1. The highest BCUT2D eigenvalue weighted by molar-refractivity contribution is 6.30. The Morgan fingerprint density at radius 2 is 1.89 bits per heavy atom. The Morgan fingerprint density at radius 1 is 1.05 bits per heavy atom. The van der Waals surface area contributed by atoms with Crippen LogP contribution in [0.1, 0.15) is 30.4 Å². The molecule has 1 heterocycles. The van der Waals surface area contributed by atoms with Gasteiger partial charge in [-0.3, -0.25) is 0 Å². The van der Waals surface area contributed by atoms with E-state index in [0.717, 1.165) is 11.4 Å². The van der Waals surface area contributed by atoms with Gasteiger partial charge in [-0.25, -0.2) is 0 Å². The molecule has 2 heteroatoms. The van der Waals surface area contributed by atoms with Gasteiger partial charge in [0.25, 0.3) is 0 Å². The molecule has 19 heavy (non-hydrogen) atoms. The largest absolute Gasteiger partial charge is 0.361 e. The zero-order chi connectivity index (χ0) is 13.2. The number of nitrogens with one attached hydrogen (secondary N) is 1. The summed E-state index contributed by atoms with van der Waals surface area (Å²) in [6.07, 6.45) is 3.04. The second kappa shape index (κ2) is 5.10. The first-order valence-corrected chi connectivity index (χ1v) is 6.98. The molecule has 0 aliphatic heterocycles. The highest BCUT2D eigenvalue weighted by Gasteiger charge is 2.13. The zero-order valence-corrected chi connectivity index (χ0v) is 11.6. The quantitative estimate of drug-likeness (QED) is 0.658. The fourth-order valence-electron chi connectivity index (χ4n) is 2.67. The number of benzene rings is 2. The van der Waals surface area contributed by atoms with Gasteiger partial charge in [-0.1, -0.05) is 42.8 Å². The number of hydrogen-bond acceptors (Lipinski definition) is 0. The Hall–Kier alpha value is -1.73. The van der Waals surface area contributed by atoms with E-state index in [9.17, 15) is 0 Å². The van der Waals surface area contributed by atoms with E-state index in [-0.39, 0.29) is 0 Å². The molecule has 0 saturated heterocycles. The molecule has 3 rings (SSSR count). The predicted octanol–water partition coefficient (Wildman–Crippen LogP) is 5.36. The van der Waals surface area contributed by atoms with Crippen molar-refractivity contribution in [3.8, 4) is 0 Å². The van der Waals surface area contributed by atoms with Crippen LogP contribution in [0.2, 0.25) is 5.02 Å². The van der Waals surface area contributed by atoms with E-state index in [1.807, 2.05) is 18.3 Å². The number of aromatic nitrogens is 1. The molecule has 2 aromatic carbocycles. The van der Waals surface area contributed by atoms with Gasteiger partial charge in [-0.2, -0.15) is 0 Å². The van der Waals surface area contributed by atoms with Crippen LogP contribution in [0, 0.1) is 0 Å². The first-order valence-electron chi connectivity index (χ1n) is 6.60. The maximum Gasteiger partial charge on any atom is 0.0456 e. The molecule has 1 nitrogen and oxygen atoms in total. The summed E-state index contributed by atoms with van der Waals surface area (Å²) in [5.74, 6) is 0.395. The molecule has 0 spiro atoms. The van der Waals surface area contributed by atoms with Crippen molar-refractivity contribution < 1.29 is 0 Å². The highest BCUT2D eigenvalue weighted by Crippen LogP contribution is 2.31. The molecule has 0 amide bonds. The molecule has 0 aliphatic carbocycles. The van der Waals surface area contributed by atoms with E-state index in [2.05, 4.69) is 48.3 Å². The molecule has 1 aromatic heterocycles. The first kappa shape index (κ1) is 12.3. The summed E-state index contributed by atoms with van der Waals surface area (Å²) in [6, 6.07) is 16.9. The predicted molar refractivity (Wildman–Crippen MR) is 81.9 cm³/mol. The van der Waals surface area contributed by atoms with Gasteiger partial charge in [0.1, 0.15) is 0 Å². The summed E-state index contributed by atoms with van der Waals surface area (Å²) < 4.78 is 0. The zero-order valence-electron chi connectivity index (χ0n) is 10.9. The lowest BCUT2D eigenvalue weighted by Gasteiger charge is -2.16. The van der Waals surface area contributed by atoms with Crippen LogP contribution in [0.15, 0.2) is 54.7 Å². The third-order valence-electron chi connectivity index (χ3n) is 3.64.